The maximum absolute atomic E-state index is 12.3. The van der Waals surface area contributed by atoms with E-state index in [1.54, 1.807) is 11.3 Å². The van der Waals surface area contributed by atoms with Crippen LogP contribution < -0.4 is 5.32 Å². The molecule has 0 aromatic carbocycles. The highest BCUT2D eigenvalue weighted by Gasteiger charge is 2.30. The Morgan fingerprint density at radius 2 is 2.27 bits per heavy atom. The van der Waals surface area contributed by atoms with Crippen LogP contribution in [-0.4, -0.2) is 40.0 Å². The van der Waals surface area contributed by atoms with Crippen LogP contribution in [0.3, 0.4) is 0 Å². The molecule has 1 aromatic rings. The predicted octanol–water partition coefficient (Wildman–Crippen LogP) is 3.84. The molecule has 0 saturated heterocycles. The van der Waals surface area contributed by atoms with Crippen molar-refractivity contribution < 1.29 is 4.79 Å². The first-order valence-corrected chi connectivity index (χ1v) is 10.2. The molecule has 2 aliphatic rings. The Morgan fingerprint density at radius 1 is 1.45 bits per heavy atom. The van der Waals surface area contributed by atoms with Crippen molar-refractivity contribution in [1.82, 2.24) is 15.2 Å². The quantitative estimate of drug-likeness (QED) is 0.856. The first-order valence-electron chi connectivity index (χ1n) is 8.24. The Balaban J connectivity index is 1.44. The smallest absolute Gasteiger partial charge is 0.317 e. The first-order chi connectivity index (χ1) is 10.7. The molecule has 22 heavy (non-hydrogen) atoms. The lowest BCUT2D eigenvalue weighted by Crippen LogP contribution is -2.42. The van der Waals surface area contributed by atoms with Gasteiger partial charge in [0.05, 0.1) is 17.2 Å². The molecule has 122 valence electrons. The van der Waals surface area contributed by atoms with E-state index < -0.39 is 0 Å². The van der Waals surface area contributed by atoms with Gasteiger partial charge in [-0.25, -0.2) is 9.78 Å². The zero-order valence-corrected chi connectivity index (χ0v) is 15.0. The molecule has 0 bridgehead atoms. The van der Waals surface area contributed by atoms with Crippen LogP contribution in [0.15, 0.2) is 5.38 Å². The highest BCUT2D eigenvalue weighted by molar-refractivity contribution is 7.99. The van der Waals surface area contributed by atoms with Crippen LogP contribution in [0.5, 0.6) is 0 Å². The third kappa shape index (κ3) is 3.96. The number of hydrogen-bond acceptors (Lipinski definition) is 4. The zero-order chi connectivity index (χ0) is 15.5. The summed E-state index contributed by atoms with van der Waals surface area (Å²) < 4.78 is 0. The molecule has 2 atom stereocenters. The lowest BCUT2D eigenvalue weighted by molar-refractivity contribution is 0.190. The molecule has 6 heteroatoms. The number of carbonyl (C=O) groups excluding carboxylic acids is 1. The molecular formula is C16H25N3OS2. The molecule has 1 aromatic heterocycles. The van der Waals surface area contributed by atoms with Gasteiger partial charge < -0.3 is 10.2 Å². The number of amides is 2. The molecule has 3 rings (SSSR count). The first kappa shape index (κ1) is 16.1. The normalized spacial score (nSPS) is 24.5. The van der Waals surface area contributed by atoms with E-state index in [4.69, 9.17) is 0 Å². The summed E-state index contributed by atoms with van der Waals surface area (Å²) in [6, 6.07) is 0.426. The second kappa shape index (κ2) is 7.21. The van der Waals surface area contributed by atoms with Crippen LogP contribution in [0.1, 0.15) is 55.6 Å². The van der Waals surface area contributed by atoms with Crippen molar-refractivity contribution in [3.05, 3.63) is 16.1 Å². The number of nitrogens with one attached hydrogen (secondary N) is 1. The van der Waals surface area contributed by atoms with E-state index in [0.717, 1.165) is 23.8 Å². The van der Waals surface area contributed by atoms with Gasteiger partial charge in [0.15, 0.2) is 0 Å². The molecule has 2 aliphatic carbocycles. The van der Waals surface area contributed by atoms with Crippen molar-refractivity contribution in [1.29, 1.82) is 0 Å². The summed E-state index contributed by atoms with van der Waals surface area (Å²) in [6.45, 7) is 2.75. The van der Waals surface area contributed by atoms with E-state index in [0.29, 0.717) is 18.5 Å². The summed E-state index contributed by atoms with van der Waals surface area (Å²) in [5, 5.41) is 7.07. The summed E-state index contributed by atoms with van der Waals surface area (Å²) in [7, 11) is 1.93. The Labute approximate surface area is 141 Å². The van der Waals surface area contributed by atoms with Gasteiger partial charge in [-0.3, -0.25) is 0 Å². The van der Waals surface area contributed by atoms with Crippen LogP contribution in [-0.2, 0) is 6.54 Å². The number of aromatic nitrogens is 1. The summed E-state index contributed by atoms with van der Waals surface area (Å²) in [5.74, 6) is 1.86. The van der Waals surface area contributed by atoms with E-state index >= 15 is 0 Å². The van der Waals surface area contributed by atoms with Gasteiger partial charge >= 0.3 is 6.03 Å². The summed E-state index contributed by atoms with van der Waals surface area (Å²) >= 11 is 3.76. The fraction of sp³-hybridized carbons (Fsp3) is 0.750. The van der Waals surface area contributed by atoms with Crippen LogP contribution in [0.2, 0.25) is 0 Å². The number of rotatable bonds is 6. The van der Waals surface area contributed by atoms with Gasteiger partial charge in [-0.15, -0.1) is 11.3 Å². The summed E-state index contributed by atoms with van der Waals surface area (Å²) in [5.41, 5.74) is 1.000. The maximum Gasteiger partial charge on any atom is 0.317 e. The Bertz CT molecular complexity index is 515. The van der Waals surface area contributed by atoms with Crippen molar-refractivity contribution in [3.8, 4) is 0 Å². The summed E-state index contributed by atoms with van der Waals surface area (Å²) in [6.07, 6.45) is 6.05. The molecule has 1 N–H and O–H groups in total. The molecule has 4 nitrogen and oxygen atoms in total. The number of urea groups is 1. The minimum absolute atomic E-state index is 0.0353. The van der Waals surface area contributed by atoms with Crippen molar-refractivity contribution >= 4 is 29.1 Å². The fourth-order valence-corrected chi connectivity index (χ4v) is 5.16. The number of nitrogens with zero attached hydrogens (tertiary/aromatic N) is 2. The Hall–Kier alpha value is -0.750. The zero-order valence-electron chi connectivity index (χ0n) is 13.4. The monoisotopic (exact) mass is 339 g/mol. The van der Waals surface area contributed by atoms with Gasteiger partial charge in [0.2, 0.25) is 0 Å². The maximum atomic E-state index is 12.3. The van der Waals surface area contributed by atoms with Crippen molar-refractivity contribution in [3.63, 3.8) is 0 Å². The third-order valence-electron chi connectivity index (χ3n) is 4.54. The van der Waals surface area contributed by atoms with E-state index in [1.807, 2.05) is 23.7 Å². The van der Waals surface area contributed by atoms with Crippen molar-refractivity contribution in [2.75, 3.05) is 12.8 Å². The second-order valence-corrected chi connectivity index (χ2v) is 8.73. The fourth-order valence-electron chi connectivity index (χ4n) is 3.03. The van der Waals surface area contributed by atoms with Gasteiger partial charge in [0, 0.05) is 29.6 Å². The van der Waals surface area contributed by atoms with Crippen LogP contribution in [0, 0.1) is 0 Å². The standard InChI is InChI=1S/C16H25N3OS2/c1-3-21-14-7-6-13(8-14)19(2)16(20)17-9-12-10-22-15(18-12)11-4-5-11/h10-11,13-14H,3-9H2,1-2H3,(H,17,20). The average Bonchev–Trinajstić information content (AvgIpc) is 3.08. The number of carbonyl (C=O) groups is 1. The minimum atomic E-state index is 0.0353. The largest absolute Gasteiger partial charge is 0.332 e. The van der Waals surface area contributed by atoms with E-state index in [9.17, 15) is 4.79 Å². The molecule has 0 spiro atoms. The van der Waals surface area contributed by atoms with Gasteiger partial charge in [0.1, 0.15) is 0 Å². The topological polar surface area (TPSA) is 45.2 Å². The van der Waals surface area contributed by atoms with Crippen LogP contribution >= 0.6 is 23.1 Å². The highest BCUT2D eigenvalue weighted by Crippen LogP contribution is 2.41. The lowest BCUT2D eigenvalue weighted by atomic mass is 10.2. The van der Waals surface area contributed by atoms with E-state index in [-0.39, 0.29) is 6.03 Å². The lowest BCUT2D eigenvalue weighted by Gasteiger charge is -2.24. The third-order valence-corrected chi connectivity index (χ3v) is 6.83. The Morgan fingerprint density at radius 3 is 3.00 bits per heavy atom. The molecule has 2 saturated carbocycles. The van der Waals surface area contributed by atoms with Crippen molar-refractivity contribution in [2.45, 2.75) is 62.8 Å². The molecule has 2 unspecified atom stereocenters. The number of thiazole rings is 1. The number of thioether (sulfide) groups is 1. The highest BCUT2D eigenvalue weighted by atomic mass is 32.2. The SMILES string of the molecule is CCSC1CCC(N(C)C(=O)NCc2csc(C3CC3)n2)C1. The van der Waals surface area contributed by atoms with Gasteiger partial charge in [0.25, 0.3) is 0 Å². The van der Waals surface area contributed by atoms with Gasteiger partial charge in [-0.1, -0.05) is 6.92 Å². The molecule has 1 heterocycles. The second-order valence-electron chi connectivity index (χ2n) is 6.27. The molecule has 0 aliphatic heterocycles. The van der Waals surface area contributed by atoms with Crippen LogP contribution in [0.4, 0.5) is 4.79 Å². The number of hydrogen-bond donors (Lipinski definition) is 1. The molecule has 0 radical (unpaired) electrons. The minimum Gasteiger partial charge on any atom is -0.332 e. The van der Waals surface area contributed by atoms with Crippen LogP contribution in [0.25, 0.3) is 0 Å². The molecule has 2 amide bonds. The van der Waals surface area contributed by atoms with E-state index in [1.165, 1.54) is 30.0 Å². The summed E-state index contributed by atoms with van der Waals surface area (Å²) in [4.78, 5) is 18.8. The predicted molar refractivity (Wildman–Crippen MR) is 93.6 cm³/mol. The van der Waals surface area contributed by atoms with Gasteiger partial charge in [-0.05, 0) is 37.9 Å². The Kier molecular flexibility index (Phi) is 5.29. The average molecular weight is 340 g/mol. The molecular weight excluding hydrogens is 314 g/mol. The van der Waals surface area contributed by atoms with Gasteiger partial charge in [-0.2, -0.15) is 11.8 Å². The molecule has 2 fully saturated rings. The van der Waals surface area contributed by atoms with Crippen molar-refractivity contribution in [2.24, 2.45) is 0 Å². The van der Waals surface area contributed by atoms with E-state index in [2.05, 4.69) is 22.6 Å².